The van der Waals surface area contributed by atoms with Crippen molar-refractivity contribution >= 4 is 34.9 Å². The van der Waals surface area contributed by atoms with Crippen molar-refractivity contribution in [2.45, 2.75) is 57.7 Å². The molecule has 0 saturated carbocycles. The van der Waals surface area contributed by atoms with Gasteiger partial charge in [-0.05, 0) is 62.1 Å². The summed E-state index contributed by atoms with van der Waals surface area (Å²) in [7, 11) is 3.25. The van der Waals surface area contributed by atoms with Gasteiger partial charge in [0, 0.05) is 80.6 Å². The maximum Gasteiger partial charge on any atom is 0.275 e. The maximum absolute atomic E-state index is 15.8. The summed E-state index contributed by atoms with van der Waals surface area (Å²) in [4.78, 5) is 46.1. The molecular weight excluding hydrogens is 656 g/mol. The maximum atomic E-state index is 15.8. The summed E-state index contributed by atoms with van der Waals surface area (Å²) in [6.45, 7) is 6.20. The van der Waals surface area contributed by atoms with E-state index in [4.69, 9.17) is 16.3 Å². The summed E-state index contributed by atoms with van der Waals surface area (Å²) in [5.74, 6) is -2.50. The van der Waals surface area contributed by atoms with Crippen LogP contribution in [0, 0.1) is 13.8 Å². The Hall–Kier alpha value is -4.07. The number of aryl methyl sites for hydroxylation is 1. The number of rotatable bonds is 8. The van der Waals surface area contributed by atoms with Crippen molar-refractivity contribution in [3.8, 4) is 16.9 Å². The van der Waals surface area contributed by atoms with Gasteiger partial charge in [0.25, 0.3) is 11.5 Å². The Labute approximate surface area is 289 Å². The van der Waals surface area contributed by atoms with Gasteiger partial charge in [-0.25, -0.2) is 13.8 Å². The molecule has 0 aliphatic carbocycles. The van der Waals surface area contributed by atoms with Gasteiger partial charge >= 0.3 is 0 Å². The van der Waals surface area contributed by atoms with Crippen molar-refractivity contribution in [3.05, 3.63) is 68.7 Å². The molecule has 0 spiro atoms. The number of amides is 2. The summed E-state index contributed by atoms with van der Waals surface area (Å²) >= 11 is 6.78. The molecule has 2 N–H and O–H groups in total. The van der Waals surface area contributed by atoms with Gasteiger partial charge in [0.05, 0.1) is 31.6 Å². The molecule has 49 heavy (non-hydrogen) atoms. The fourth-order valence-electron chi connectivity index (χ4n) is 7.14. The fourth-order valence-corrected chi connectivity index (χ4v) is 7.41. The van der Waals surface area contributed by atoms with E-state index in [-0.39, 0.29) is 36.9 Å². The van der Waals surface area contributed by atoms with Crippen LogP contribution in [-0.2, 0) is 23.2 Å². The van der Waals surface area contributed by atoms with Crippen molar-refractivity contribution in [2.75, 3.05) is 56.6 Å². The minimum Gasteiger partial charge on any atom is -0.496 e. The first-order valence-corrected chi connectivity index (χ1v) is 16.9. The van der Waals surface area contributed by atoms with Crippen LogP contribution < -0.4 is 25.8 Å². The van der Waals surface area contributed by atoms with Gasteiger partial charge in [0.2, 0.25) is 11.8 Å². The Bertz CT molecular complexity index is 1790. The molecule has 0 bridgehead atoms. The zero-order valence-electron chi connectivity index (χ0n) is 28.2. The molecule has 2 unspecified atom stereocenters. The Morgan fingerprint density at radius 1 is 1.06 bits per heavy atom. The second-order valence-electron chi connectivity index (χ2n) is 13.2. The van der Waals surface area contributed by atoms with Crippen LogP contribution in [0.3, 0.4) is 0 Å². The predicted molar refractivity (Wildman–Crippen MR) is 185 cm³/mol. The molecule has 3 aliphatic rings. The quantitative estimate of drug-likeness (QED) is 0.338. The van der Waals surface area contributed by atoms with Crippen LogP contribution >= 0.6 is 11.6 Å². The zero-order chi connectivity index (χ0) is 35.0. The standard InChI is InChI=1S/C35H42ClF2N7O4/c1-21-22(2)34(48)42(3)18-25(21)23-15-27(36)26(29(16-23)49-4)19-43-10-9-30(35(37,38)20-43)45-13-11-44(12-14-45)24-5-7-31(39-17-24)40-28-6-8-32(46)41-33(28)47/h5,7,15-18,28,30H,6,8-14,19-20H2,1-4H3,(H,39,40)(H,41,46,47). The number of imide groups is 1. The number of aromatic nitrogens is 2. The van der Waals surface area contributed by atoms with E-state index >= 15 is 8.78 Å². The Morgan fingerprint density at radius 3 is 2.47 bits per heavy atom. The van der Waals surface area contributed by atoms with E-state index in [0.29, 0.717) is 73.3 Å². The highest BCUT2D eigenvalue weighted by atomic mass is 35.5. The topological polar surface area (TPSA) is 112 Å². The number of nitrogens with one attached hydrogen (secondary N) is 2. The number of piperazine rings is 1. The monoisotopic (exact) mass is 697 g/mol. The first-order chi connectivity index (χ1) is 23.3. The second-order valence-corrected chi connectivity index (χ2v) is 13.6. The molecule has 0 radical (unpaired) electrons. The van der Waals surface area contributed by atoms with Crippen LogP contribution in [0.2, 0.25) is 5.02 Å². The number of benzene rings is 1. The number of methoxy groups -OCH3 is 1. The van der Waals surface area contributed by atoms with Gasteiger partial charge in [-0.3, -0.25) is 29.5 Å². The number of alkyl halides is 2. The lowest BCUT2D eigenvalue weighted by atomic mass is 9.96. The number of carbonyl (C=O) groups excluding carboxylic acids is 2. The molecule has 5 heterocycles. The average molecular weight is 698 g/mol. The number of piperidine rings is 2. The van der Waals surface area contributed by atoms with Crippen molar-refractivity contribution in [1.82, 2.24) is 24.7 Å². The number of halogens is 3. The predicted octanol–water partition coefficient (Wildman–Crippen LogP) is 3.98. The van der Waals surface area contributed by atoms with Crippen LogP contribution in [0.25, 0.3) is 11.1 Å². The van der Waals surface area contributed by atoms with E-state index < -0.39 is 18.0 Å². The van der Waals surface area contributed by atoms with Crippen LogP contribution in [0.5, 0.6) is 5.75 Å². The number of likely N-dealkylation sites (tertiary alicyclic amines) is 1. The lowest BCUT2D eigenvalue weighted by Gasteiger charge is -2.46. The van der Waals surface area contributed by atoms with Gasteiger partial charge in [-0.2, -0.15) is 0 Å². The highest BCUT2D eigenvalue weighted by Gasteiger charge is 2.48. The molecule has 11 nitrogen and oxygen atoms in total. The third-order valence-electron chi connectivity index (χ3n) is 10.1. The molecular formula is C35H42ClF2N7O4. The van der Waals surface area contributed by atoms with Crippen LogP contribution in [0.4, 0.5) is 20.3 Å². The summed E-state index contributed by atoms with van der Waals surface area (Å²) in [6.07, 6.45) is 4.50. The van der Waals surface area contributed by atoms with Crippen molar-refractivity contribution in [3.63, 3.8) is 0 Å². The van der Waals surface area contributed by atoms with E-state index in [1.807, 2.05) is 30.0 Å². The van der Waals surface area contributed by atoms with Crippen molar-refractivity contribution < 1.29 is 23.1 Å². The number of ether oxygens (including phenoxy) is 1. The molecule has 2 amide bonds. The SMILES string of the molecule is COc1cc(-c2cn(C)c(=O)c(C)c2C)cc(Cl)c1CN1CCC(N2CCN(c3ccc(NC4CCC(=O)NC4=O)nc3)CC2)C(F)(F)C1. The number of hydrogen-bond acceptors (Lipinski definition) is 9. The molecule has 2 aromatic heterocycles. The highest BCUT2D eigenvalue weighted by molar-refractivity contribution is 6.32. The van der Waals surface area contributed by atoms with Gasteiger partial charge in [0.1, 0.15) is 17.6 Å². The highest BCUT2D eigenvalue weighted by Crippen LogP contribution is 2.38. The number of carbonyl (C=O) groups is 2. The summed E-state index contributed by atoms with van der Waals surface area (Å²) < 4.78 is 38.8. The van der Waals surface area contributed by atoms with Gasteiger partial charge < -0.3 is 19.5 Å². The van der Waals surface area contributed by atoms with Crippen LogP contribution in [0.15, 0.2) is 41.5 Å². The number of nitrogens with zero attached hydrogens (tertiary/aromatic N) is 5. The van der Waals surface area contributed by atoms with Crippen molar-refractivity contribution in [2.24, 2.45) is 7.05 Å². The number of hydrogen-bond donors (Lipinski definition) is 2. The first kappa shape index (κ1) is 34.8. The number of anilines is 2. The van der Waals surface area contributed by atoms with Gasteiger partial charge in [-0.15, -0.1) is 0 Å². The lowest BCUT2D eigenvalue weighted by Crippen LogP contribution is -2.61. The van der Waals surface area contributed by atoms with Gasteiger partial charge in [-0.1, -0.05) is 11.6 Å². The Balaban J connectivity index is 1.06. The van der Waals surface area contributed by atoms with E-state index in [0.717, 1.165) is 22.4 Å². The molecule has 14 heteroatoms. The fraction of sp³-hybridized carbons (Fsp3) is 0.486. The largest absolute Gasteiger partial charge is 0.496 e. The summed E-state index contributed by atoms with van der Waals surface area (Å²) in [5, 5.41) is 5.82. The average Bonchev–Trinajstić information content (AvgIpc) is 3.07. The van der Waals surface area contributed by atoms with Crippen LogP contribution in [-0.4, -0.2) is 95.5 Å². The zero-order valence-corrected chi connectivity index (χ0v) is 28.9. The minimum atomic E-state index is -2.92. The Morgan fingerprint density at radius 2 is 1.82 bits per heavy atom. The first-order valence-electron chi connectivity index (χ1n) is 16.5. The molecule has 3 aromatic rings. The van der Waals surface area contributed by atoms with E-state index in [2.05, 4.69) is 20.5 Å². The normalized spacial score (nSPS) is 21.8. The number of pyridine rings is 2. The van der Waals surface area contributed by atoms with E-state index in [1.165, 1.54) is 4.57 Å². The Kier molecular flexibility index (Phi) is 9.97. The molecule has 2 atom stereocenters. The summed E-state index contributed by atoms with van der Waals surface area (Å²) in [5.41, 5.74) is 4.63. The van der Waals surface area contributed by atoms with E-state index in [1.54, 1.807) is 44.4 Å². The third-order valence-corrected chi connectivity index (χ3v) is 10.4. The van der Waals surface area contributed by atoms with Gasteiger partial charge in [0.15, 0.2) is 0 Å². The lowest BCUT2D eigenvalue weighted by molar-refractivity contribution is -0.133. The molecule has 3 aliphatic heterocycles. The molecule has 3 fully saturated rings. The van der Waals surface area contributed by atoms with Crippen molar-refractivity contribution in [1.29, 1.82) is 0 Å². The van der Waals surface area contributed by atoms with E-state index in [9.17, 15) is 14.4 Å². The molecule has 3 saturated heterocycles. The molecule has 1 aromatic carbocycles. The molecule has 6 rings (SSSR count). The minimum absolute atomic E-state index is 0.0627. The second kappa shape index (κ2) is 14.0. The summed E-state index contributed by atoms with van der Waals surface area (Å²) in [6, 6.07) is 5.99. The smallest absolute Gasteiger partial charge is 0.275 e. The third kappa shape index (κ3) is 7.29. The van der Waals surface area contributed by atoms with Crippen LogP contribution in [0.1, 0.15) is 36.0 Å². The molecule has 262 valence electrons.